The van der Waals surface area contributed by atoms with Crippen molar-refractivity contribution in [3.63, 3.8) is 0 Å². The smallest absolute Gasteiger partial charge is 0.407 e. The van der Waals surface area contributed by atoms with Gasteiger partial charge >= 0.3 is 6.09 Å². The summed E-state index contributed by atoms with van der Waals surface area (Å²) in [6, 6.07) is 8.48. The second-order valence-electron chi connectivity index (χ2n) is 11.2. The van der Waals surface area contributed by atoms with Crippen molar-refractivity contribution < 1.29 is 18.7 Å². The maximum atomic E-state index is 15.4. The molecule has 1 unspecified atom stereocenters. The first-order valence-corrected chi connectivity index (χ1v) is 13.0. The number of fused-ring (bicyclic) bond motifs is 4. The highest BCUT2D eigenvalue weighted by atomic mass is 35.5. The Morgan fingerprint density at radius 3 is 2.57 bits per heavy atom. The number of piperidine rings is 3. The summed E-state index contributed by atoms with van der Waals surface area (Å²) in [5.74, 6) is 0.685. The lowest BCUT2D eigenvalue weighted by molar-refractivity contribution is -0.0349. The van der Waals surface area contributed by atoms with Crippen LogP contribution < -0.4 is 10.1 Å². The molecule has 0 radical (unpaired) electrons. The maximum absolute atomic E-state index is 15.4. The Balaban J connectivity index is 1.36. The van der Waals surface area contributed by atoms with Gasteiger partial charge in [0.1, 0.15) is 17.7 Å². The molecule has 1 N–H and O–H groups in total. The fourth-order valence-electron chi connectivity index (χ4n) is 5.92. The largest absolute Gasteiger partial charge is 0.489 e. The van der Waals surface area contributed by atoms with E-state index in [2.05, 4.69) is 24.1 Å². The first kappa shape index (κ1) is 24.4. The summed E-state index contributed by atoms with van der Waals surface area (Å²) in [5, 5.41) is 3.52. The van der Waals surface area contributed by atoms with Crippen LogP contribution in [0.3, 0.4) is 0 Å². The van der Waals surface area contributed by atoms with Gasteiger partial charge in [-0.1, -0.05) is 31.5 Å². The number of hydrogen-bond acceptors (Lipinski definition) is 4. The van der Waals surface area contributed by atoms with Crippen molar-refractivity contribution in [2.75, 3.05) is 19.6 Å². The van der Waals surface area contributed by atoms with E-state index in [-0.39, 0.29) is 29.5 Å². The molecule has 2 aromatic carbocycles. The molecule has 3 aliphatic heterocycles. The molecule has 7 heteroatoms. The van der Waals surface area contributed by atoms with E-state index < -0.39 is 6.09 Å². The normalized spacial score (nSPS) is 26.5. The molecule has 0 saturated carbocycles. The van der Waals surface area contributed by atoms with Gasteiger partial charge < -0.3 is 14.8 Å². The molecule has 2 bridgehead atoms. The number of nitrogens with zero attached hydrogens (tertiary/aromatic N) is 1. The van der Waals surface area contributed by atoms with Crippen LogP contribution in [0.15, 0.2) is 30.3 Å². The molecule has 2 atom stereocenters. The van der Waals surface area contributed by atoms with Crippen molar-refractivity contribution in [1.29, 1.82) is 0 Å². The molecular formula is C28H34ClFN2O3. The van der Waals surface area contributed by atoms with Crippen LogP contribution in [0.4, 0.5) is 9.18 Å². The van der Waals surface area contributed by atoms with Gasteiger partial charge in [0.2, 0.25) is 0 Å². The van der Waals surface area contributed by atoms with Crippen LogP contribution in [0.1, 0.15) is 57.7 Å². The minimum Gasteiger partial charge on any atom is -0.489 e. The van der Waals surface area contributed by atoms with E-state index in [9.17, 15) is 4.79 Å². The number of carbonyl (C=O) groups is 1. The van der Waals surface area contributed by atoms with E-state index in [0.29, 0.717) is 27.8 Å². The highest BCUT2D eigenvalue weighted by Gasteiger charge is 2.42. The average Bonchev–Trinajstić information content (AvgIpc) is 3.04. The van der Waals surface area contributed by atoms with Crippen LogP contribution in [0.25, 0.3) is 11.1 Å². The third kappa shape index (κ3) is 4.88. The summed E-state index contributed by atoms with van der Waals surface area (Å²) >= 11 is 6.41. The zero-order valence-corrected chi connectivity index (χ0v) is 21.6. The van der Waals surface area contributed by atoms with Gasteiger partial charge in [-0.05, 0) is 98.5 Å². The number of ether oxygens (including phenoxy) is 2. The SMILES string of the molecule is CC(C)Oc1ccc(-c2cc3c(cc2F)C(NC(=O)O[C@H]2CN4CCC2CC4)C(C)(C)C3)cc1Cl. The molecule has 35 heavy (non-hydrogen) atoms. The fourth-order valence-corrected chi connectivity index (χ4v) is 6.14. The molecule has 0 aromatic heterocycles. The van der Waals surface area contributed by atoms with Crippen LogP contribution in [-0.2, 0) is 11.2 Å². The maximum Gasteiger partial charge on any atom is 0.407 e. The number of rotatable bonds is 5. The van der Waals surface area contributed by atoms with Crippen molar-refractivity contribution in [3.8, 4) is 16.9 Å². The number of amides is 1. The van der Waals surface area contributed by atoms with E-state index in [1.807, 2.05) is 26.0 Å². The Labute approximate surface area is 211 Å². The van der Waals surface area contributed by atoms with Crippen LogP contribution >= 0.6 is 11.6 Å². The van der Waals surface area contributed by atoms with Crippen LogP contribution in [0, 0.1) is 17.2 Å². The number of halogens is 2. The lowest BCUT2D eigenvalue weighted by Crippen LogP contribution is -2.53. The van der Waals surface area contributed by atoms with Gasteiger partial charge in [-0.15, -0.1) is 0 Å². The van der Waals surface area contributed by atoms with Gasteiger partial charge in [-0.25, -0.2) is 9.18 Å². The van der Waals surface area contributed by atoms with E-state index in [0.717, 1.165) is 50.0 Å². The van der Waals surface area contributed by atoms with Gasteiger partial charge in [0.25, 0.3) is 0 Å². The second kappa shape index (κ2) is 9.29. The van der Waals surface area contributed by atoms with E-state index >= 15 is 4.39 Å². The molecule has 0 spiro atoms. The molecular weight excluding hydrogens is 467 g/mol. The minimum atomic E-state index is -0.410. The molecule has 6 rings (SSSR count). The summed E-state index contributed by atoms with van der Waals surface area (Å²) in [5.41, 5.74) is 2.76. The first-order valence-electron chi connectivity index (χ1n) is 12.6. The number of benzene rings is 2. The standard InChI is InChI=1S/C28H34ClFN2O3/c1-16(2)34-24-6-5-18(12-22(24)29)20-11-19-14-28(3,4)26(21(19)13-23(20)30)31-27(33)35-25-15-32-9-7-17(25)8-10-32/h5-6,11-13,16-17,25-26H,7-10,14-15H2,1-4H3,(H,31,33)/t25-,26?/m0/s1. The summed E-state index contributed by atoms with van der Waals surface area (Å²) in [4.78, 5) is 15.2. The summed E-state index contributed by atoms with van der Waals surface area (Å²) in [6.07, 6.45) is 2.41. The van der Waals surface area contributed by atoms with Gasteiger partial charge in [0, 0.05) is 12.1 Å². The van der Waals surface area contributed by atoms with Gasteiger partial charge in [0.05, 0.1) is 17.2 Å². The molecule has 2 aromatic rings. The summed E-state index contributed by atoms with van der Waals surface area (Å²) in [6.45, 7) is 11.1. The predicted molar refractivity (Wildman–Crippen MR) is 135 cm³/mol. The van der Waals surface area contributed by atoms with Crippen LogP contribution in [0.2, 0.25) is 5.02 Å². The predicted octanol–water partition coefficient (Wildman–Crippen LogP) is 6.38. The summed E-state index contributed by atoms with van der Waals surface area (Å²) < 4.78 is 27.0. The van der Waals surface area contributed by atoms with Crippen molar-refractivity contribution in [1.82, 2.24) is 10.2 Å². The molecule has 3 heterocycles. The molecule has 5 nitrogen and oxygen atoms in total. The third-order valence-electron chi connectivity index (χ3n) is 7.69. The van der Waals surface area contributed by atoms with Crippen molar-refractivity contribution in [2.24, 2.45) is 11.3 Å². The van der Waals surface area contributed by atoms with Crippen LogP contribution in [0.5, 0.6) is 5.75 Å². The van der Waals surface area contributed by atoms with Gasteiger partial charge in [-0.2, -0.15) is 0 Å². The molecule has 1 amide bonds. The monoisotopic (exact) mass is 500 g/mol. The Bertz CT molecular complexity index is 1130. The number of nitrogens with one attached hydrogen (secondary N) is 1. The third-order valence-corrected chi connectivity index (χ3v) is 7.99. The quantitative estimate of drug-likeness (QED) is 0.517. The lowest BCUT2D eigenvalue weighted by Gasteiger charge is -2.44. The van der Waals surface area contributed by atoms with Crippen LogP contribution in [-0.4, -0.2) is 42.8 Å². The Morgan fingerprint density at radius 2 is 1.94 bits per heavy atom. The van der Waals surface area contributed by atoms with E-state index in [4.69, 9.17) is 21.1 Å². The average molecular weight is 501 g/mol. The van der Waals surface area contributed by atoms with E-state index in [1.165, 1.54) is 0 Å². The zero-order valence-electron chi connectivity index (χ0n) is 20.9. The fraction of sp³-hybridized carbons (Fsp3) is 0.536. The Hall–Kier alpha value is -2.31. The van der Waals surface area contributed by atoms with Gasteiger partial charge in [-0.3, -0.25) is 4.90 Å². The highest BCUT2D eigenvalue weighted by molar-refractivity contribution is 6.32. The second-order valence-corrected chi connectivity index (χ2v) is 11.6. The zero-order chi connectivity index (χ0) is 24.9. The van der Waals surface area contributed by atoms with Gasteiger partial charge in [0.15, 0.2) is 0 Å². The first-order chi connectivity index (χ1) is 16.6. The Morgan fingerprint density at radius 1 is 1.20 bits per heavy atom. The van der Waals surface area contributed by atoms with Crippen molar-refractivity contribution in [2.45, 2.75) is 65.2 Å². The van der Waals surface area contributed by atoms with E-state index in [1.54, 1.807) is 18.2 Å². The molecule has 4 aliphatic rings. The number of alkyl carbamates (subject to hydrolysis) is 1. The molecule has 3 saturated heterocycles. The molecule has 1 aliphatic carbocycles. The molecule has 188 valence electrons. The Kier molecular flexibility index (Phi) is 6.47. The number of carbonyl (C=O) groups excluding carboxylic acids is 1. The molecule has 3 fully saturated rings. The number of hydrogen-bond donors (Lipinski definition) is 1. The van der Waals surface area contributed by atoms with Crippen molar-refractivity contribution in [3.05, 3.63) is 52.3 Å². The minimum absolute atomic E-state index is 0.000736. The highest BCUT2D eigenvalue weighted by Crippen LogP contribution is 2.47. The lowest BCUT2D eigenvalue weighted by atomic mass is 9.85. The van der Waals surface area contributed by atoms with Crippen molar-refractivity contribution >= 4 is 17.7 Å². The topological polar surface area (TPSA) is 50.8 Å². The summed E-state index contributed by atoms with van der Waals surface area (Å²) in [7, 11) is 0.